The van der Waals surface area contributed by atoms with E-state index in [0.29, 0.717) is 5.92 Å². The van der Waals surface area contributed by atoms with Gasteiger partial charge in [-0.3, -0.25) is 4.79 Å². The van der Waals surface area contributed by atoms with Crippen LogP contribution < -0.4 is 10.6 Å². The summed E-state index contributed by atoms with van der Waals surface area (Å²) in [6, 6.07) is 7.92. The minimum Gasteiger partial charge on any atom is -0.326 e. The zero-order valence-electron chi connectivity index (χ0n) is 10.8. The largest absolute Gasteiger partial charge is 0.326 e. The van der Waals surface area contributed by atoms with Crippen LogP contribution in [0, 0.1) is 14.9 Å². The van der Waals surface area contributed by atoms with Gasteiger partial charge in [0.1, 0.15) is 0 Å². The number of nitrogens with one attached hydrogen (secondary N) is 2. The smallest absolute Gasteiger partial charge is 0.232 e. The average molecular weight is 358 g/mol. The van der Waals surface area contributed by atoms with E-state index in [1.54, 1.807) is 0 Å². The lowest BCUT2D eigenvalue weighted by atomic mass is 9.75. The van der Waals surface area contributed by atoms with E-state index in [4.69, 9.17) is 0 Å². The maximum absolute atomic E-state index is 12.5. The summed E-state index contributed by atoms with van der Waals surface area (Å²) >= 11 is 2.26. The number of hydrogen-bond acceptors (Lipinski definition) is 2. The highest BCUT2D eigenvalue weighted by Gasteiger charge is 2.43. The molecule has 98 valence electrons. The summed E-state index contributed by atoms with van der Waals surface area (Å²) in [5, 5.41) is 6.36. The normalized spacial score (nSPS) is 23.3. The third-order valence-electron chi connectivity index (χ3n) is 3.85. The Morgan fingerprint density at radius 2 is 2.06 bits per heavy atom. The van der Waals surface area contributed by atoms with Crippen molar-refractivity contribution in [2.24, 2.45) is 11.3 Å². The van der Waals surface area contributed by atoms with Crippen LogP contribution in [-0.4, -0.2) is 19.0 Å². The van der Waals surface area contributed by atoms with Gasteiger partial charge in [0.2, 0.25) is 5.91 Å². The average Bonchev–Trinajstić information content (AvgIpc) is 2.82. The Balaban J connectivity index is 2.13. The summed E-state index contributed by atoms with van der Waals surface area (Å²) in [4.78, 5) is 12.5. The molecule has 1 aromatic rings. The van der Waals surface area contributed by atoms with Crippen LogP contribution in [-0.2, 0) is 4.79 Å². The second-order valence-corrected chi connectivity index (χ2v) is 6.44. The molecular weight excluding hydrogens is 339 g/mol. The maximum atomic E-state index is 12.5. The first-order valence-electron chi connectivity index (χ1n) is 6.32. The van der Waals surface area contributed by atoms with Gasteiger partial charge in [-0.25, -0.2) is 0 Å². The van der Waals surface area contributed by atoms with Gasteiger partial charge in [0.15, 0.2) is 0 Å². The van der Waals surface area contributed by atoms with Crippen molar-refractivity contribution in [3.63, 3.8) is 0 Å². The van der Waals surface area contributed by atoms with Gasteiger partial charge in [-0.1, -0.05) is 13.8 Å². The molecule has 1 unspecified atom stereocenters. The lowest BCUT2D eigenvalue weighted by Gasteiger charge is -2.31. The van der Waals surface area contributed by atoms with Crippen LogP contribution in [0.25, 0.3) is 0 Å². The first kappa shape index (κ1) is 13.8. The molecule has 0 bridgehead atoms. The van der Waals surface area contributed by atoms with Crippen molar-refractivity contribution in [3.05, 3.63) is 27.8 Å². The Morgan fingerprint density at radius 3 is 2.56 bits per heavy atom. The van der Waals surface area contributed by atoms with Crippen LogP contribution in [0.3, 0.4) is 0 Å². The second kappa shape index (κ2) is 5.57. The van der Waals surface area contributed by atoms with Gasteiger partial charge >= 0.3 is 0 Å². The Bertz CT molecular complexity index is 422. The van der Waals surface area contributed by atoms with Gasteiger partial charge < -0.3 is 10.6 Å². The summed E-state index contributed by atoms with van der Waals surface area (Å²) in [5.74, 6) is 0.486. The van der Waals surface area contributed by atoms with E-state index in [2.05, 4.69) is 47.1 Å². The Kier molecular flexibility index (Phi) is 4.27. The molecule has 0 radical (unpaired) electrons. The van der Waals surface area contributed by atoms with Gasteiger partial charge in [0.25, 0.3) is 0 Å². The third-order valence-corrected chi connectivity index (χ3v) is 4.57. The number of carbonyl (C=O) groups is 1. The highest BCUT2D eigenvalue weighted by molar-refractivity contribution is 14.1. The van der Waals surface area contributed by atoms with Crippen LogP contribution in [0.5, 0.6) is 0 Å². The molecule has 1 amide bonds. The van der Waals surface area contributed by atoms with E-state index < -0.39 is 0 Å². The van der Waals surface area contributed by atoms with Crippen LogP contribution >= 0.6 is 22.6 Å². The Labute approximate surface area is 122 Å². The number of benzene rings is 1. The molecule has 0 saturated carbocycles. The fourth-order valence-electron chi connectivity index (χ4n) is 2.45. The van der Waals surface area contributed by atoms with Crippen molar-refractivity contribution in [3.8, 4) is 0 Å². The number of hydrogen-bond donors (Lipinski definition) is 2. The van der Waals surface area contributed by atoms with Gasteiger partial charge in [0.05, 0.1) is 5.41 Å². The minimum atomic E-state index is -0.261. The highest BCUT2D eigenvalue weighted by Crippen LogP contribution is 2.35. The lowest BCUT2D eigenvalue weighted by Crippen LogP contribution is -2.42. The SMILES string of the molecule is CC(C)C1(C(=O)Nc2ccc(I)cc2)CCNC1. The maximum Gasteiger partial charge on any atom is 0.232 e. The molecule has 1 saturated heterocycles. The molecule has 18 heavy (non-hydrogen) atoms. The van der Waals surface area contributed by atoms with Gasteiger partial charge in [-0.2, -0.15) is 0 Å². The van der Waals surface area contributed by atoms with E-state index in [0.717, 1.165) is 25.2 Å². The molecule has 1 heterocycles. The third kappa shape index (κ3) is 2.69. The Morgan fingerprint density at radius 1 is 1.39 bits per heavy atom. The molecule has 0 aromatic heterocycles. The van der Waals surface area contributed by atoms with Crippen LogP contribution in [0.15, 0.2) is 24.3 Å². The summed E-state index contributed by atoms with van der Waals surface area (Å²) < 4.78 is 1.17. The summed E-state index contributed by atoms with van der Waals surface area (Å²) in [6.07, 6.45) is 0.918. The molecule has 1 aromatic carbocycles. The second-order valence-electron chi connectivity index (χ2n) is 5.20. The van der Waals surface area contributed by atoms with E-state index >= 15 is 0 Å². The molecule has 2 N–H and O–H groups in total. The quantitative estimate of drug-likeness (QED) is 0.816. The number of halogens is 1. The van der Waals surface area contributed by atoms with Crippen molar-refractivity contribution >= 4 is 34.2 Å². The molecule has 4 heteroatoms. The van der Waals surface area contributed by atoms with E-state index in [1.165, 1.54) is 3.57 Å². The van der Waals surface area contributed by atoms with Crippen molar-refractivity contribution < 1.29 is 4.79 Å². The van der Waals surface area contributed by atoms with E-state index in [1.807, 2.05) is 24.3 Å². The fraction of sp³-hybridized carbons (Fsp3) is 0.500. The van der Waals surface area contributed by atoms with Crippen LogP contribution in [0.2, 0.25) is 0 Å². The molecule has 0 spiro atoms. The monoisotopic (exact) mass is 358 g/mol. The number of anilines is 1. The van der Waals surface area contributed by atoms with Gasteiger partial charge in [0, 0.05) is 15.8 Å². The van der Waals surface area contributed by atoms with E-state index in [9.17, 15) is 4.79 Å². The van der Waals surface area contributed by atoms with Crippen LogP contribution in [0.1, 0.15) is 20.3 Å². The molecule has 1 aliphatic rings. The number of rotatable bonds is 3. The van der Waals surface area contributed by atoms with Crippen molar-refractivity contribution in [1.29, 1.82) is 0 Å². The molecule has 1 aliphatic heterocycles. The zero-order valence-corrected chi connectivity index (χ0v) is 13.0. The molecule has 2 rings (SSSR count). The molecule has 0 aliphatic carbocycles. The predicted molar refractivity (Wildman–Crippen MR) is 82.5 cm³/mol. The number of carbonyl (C=O) groups excluding carboxylic acids is 1. The summed E-state index contributed by atoms with van der Waals surface area (Å²) in [6.45, 7) is 5.96. The fourth-order valence-corrected chi connectivity index (χ4v) is 2.81. The zero-order chi connectivity index (χ0) is 13.2. The number of amides is 1. The van der Waals surface area contributed by atoms with Gasteiger partial charge in [-0.15, -0.1) is 0 Å². The first-order chi connectivity index (χ1) is 8.54. The standard InChI is InChI=1S/C14H19IN2O/c1-10(2)14(7-8-16-9-14)13(18)17-12-5-3-11(15)4-6-12/h3-6,10,16H,7-9H2,1-2H3,(H,17,18). The van der Waals surface area contributed by atoms with E-state index in [-0.39, 0.29) is 11.3 Å². The summed E-state index contributed by atoms with van der Waals surface area (Å²) in [7, 11) is 0. The van der Waals surface area contributed by atoms with Crippen LogP contribution in [0.4, 0.5) is 5.69 Å². The topological polar surface area (TPSA) is 41.1 Å². The summed E-state index contributed by atoms with van der Waals surface area (Å²) in [5.41, 5.74) is 0.621. The molecule has 1 atom stereocenters. The predicted octanol–water partition coefficient (Wildman–Crippen LogP) is 2.87. The Hall–Kier alpha value is -0.620. The van der Waals surface area contributed by atoms with Crippen molar-refractivity contribution in [1.82, 2.24) is 5.32 Å². The molecule has 1 fully saturated rings. The van der Waals surface area contributed by atoms with Gasteiger partial charge in [-0.05, 0) is 65.7 Å². The molecule has 3 nitrogen and oxygen atoms in total. The minimum absolute atomic E-state index is 0.142. The van der Waals surface area contributed by atoms with Crippen molar-refractivity contribution in [2.45, 2.75) is 20.3 Å². The van der Waals surface area contributed by atoms with Crippen molar-refractivity contribution in [2.75, 3.05) is 18.4 Å². The lowest BCUT2D eigenvalue weighted by molar-refractivity contribution is -0.126. The first-order valence-corrected chi connectivity index (χ1v) is 7.40. The highest BCUT2D eigenvalue weighted by atomic mass is 127. The molecular formula is C14H19IN2O.